The van der Waals surface area contributed by atoms with Crippen LogP contribution >= 0.6 is 12.4 Å². The van der Waals surface area contributed by atoms with Crippen LogP contribution in [0.2, 0.25) is 0 Å². The molecule has 9 heteroatoms. The molecule has 1 N–H and O–H groups in total. The maximum Gasteiger partial charge on any atom is 0.243 e. The number of hydrogen-bond donors (Lipinski definition) is 1. The van der Waals surface area contributed by atoms with Crippen LogP contribution in [-0.2, 0) is 14.8 Å². The number of nitrogens with one attached hydrogen (secondary N) is 1. The Morgan fingerprint density at radius 3 is 2.56 bits per heavy atom. The number of piperazine rings is 1. The van der Waals surface area contributed by atoms with Crippen molar-refractivity contribution in [2.75, 3.05) is 39.8 Å². The van der Waals surface area contributed by atoms with Gasteiger partial charge in [0.1, 0.15) is 5.75 Å². The fourth-order valence-corrected chi connectivity index (χ4v) is 4.81. The van der Waals surface area contributed by atoms with Gasteiger partial charge in [-0.15, -0.1) is 12.4 Å². The quantitative estimate of drug-likeness (QED) is 0.820. The van der Waals surface area contributed by atoms with Crippen LogP contribution < -0.4 is 10.1 Å². The summed E-state index contributed by atoms with van der Waals surface area (Å²) >= 11 is 0. The van der Waals surface area contributed by atoms with Gasteiger partial charge in [-0.2, -0.15) is 4.31 Å². The first-order valence-corrected chi connectivity index (χ1v) is 9.61. The number of sulfonamides is 1. The van der Waals surface area contributed by atoms with Crippen molar-refractivity contribution in [3.8, 4) is 5.75 Å². The number of hydrogen-bond acceptors (Lipinski definition) is 5. The van der Waals surface area contributed by atoms with Gasteiger partial charge in [-0.1, -0.05) is 0 Å². The van der Waals surface area contributed by atoms with E-state index in [0.717, 1.165) is 19.4 Å². The van der Waals surface area contributed by atoms with E-state index in [4.69, 9.17) is 4.74 Å². The summed E-state index contributed by atoms with van der Waals surface area (Å²) in [6.07, 6.45) is 1.61. The van der Waals surface area contributed by atoms with Gasteiger partial charge in [-0.05, 0) is 37.1 Å². The first-order chi connectivity index (χ1) is 11.5. The Hall–Kier alpha value is -1.35. The van der Waals surface area contributed by atoms with Crippen molar-refractivity contribution in [2.24, 2.45) is 0 Å². The van der Waals surface area contributed by atoms with Crippen LogP contribution in [0.15, 0.2) is 29.2 Å². The monoisotopic (exact) mass is 389 g/mol. The molecule has 2 fully saturated rings. The Bertz CT molecular complexity index is 696. The molecule has 1 unspecified atom stereocenters. The van der Waals surface area contributed by atoms with Gasteiger partial charge >= 0.3 is 0 Å². The van der Waals surface area contributed by atoms with E-state index in [2.05, 4.69) is 5.32 Å². The molecule has 2 heterocycles. The molecule has 0 radical (unpaired) electrons. The standard InChI is InChI=1S/C16H23N3O4S.ClH/c1-23-14-4-6-15(7-5-14)24(21,22)18-9-2-3-13(12-18)19-10-8-17-11-16(19)20;/h4-7,13,17H,2-3,8-12H2,1H3;1H. The number of benzene rings is 1. The number of amides is 1. The molecule has 0 saturated carbocycles. The summed E-state index contributed by atoms with van der Waals surface area (Å²) in [6, 6.07) is 6.38. The van der Waals surface area contributed by atoms with Crippen LogP contribution in [-0.4, -0.2) is 69.4 Å². The lowest BCUT2D eigenvalue weighted by atomic mass is 10.1. The van der Waals surface area contributed by atoms with Crippen molar-refractivity contribution in [3.05, 3.63) is 24.3 Å². The molecule has 140 valence electrons. The van der Waals surface area contributed by atoms with Gasteiger partial charge < -0.3 is 15.0 Å². The van der Waals surface area contributed by atoms with E-state index in [1.807, 2.05) is 4.90 Å². The highest BCUT2D eigenvalue weighted by atomic mass is 35.5. The SMILES string of the molecule is COc1ccc(S(=O)(=O)N2CCCC(N3CCNCC3=O)C2)cc1.Cl. The summed E-state index contributed by atoms with van der Waals surface area (Å²) < 4.78 is 32.3. The van der Waals surface area contributed by atoms with Gasteiger partial charge in [0.05, 0.1) is 18.6 Å². The minimum absolute atomic E-state index is 0. The summed E-state index contributed by atoms with van der Waals surface area (Å²) in [7, 11) is -2.01. The molecule has 0 bridgehead atoms. The molecule has 1 atom stereocenters. The summed E-state index contributed by atoms with van der Waals surface area (Å²) in [5, 5.41) is 3.05. The number of carbonyl (C=O) groups is 1. The van der Waals surface area contributed by atoms with E-state index in [-0.39, 0.29) is 29.3 Å². The predicted octanol–water partition coefficient (Wildman–Crippen LogP) is 0.702. The zero-order valence-electron chi connectivity index (χ0n) is 14.2. The second-order valence-electron chi connectivity index (χ2n) is 6.10. The van der Waals surface area contributed by atoms with Crippen molar-refractivity contribution in [1.82, 2.24) is 14.5 Å². The van der Waals surface area contributed by atoms with Gasteiger partial charge in [0.15, 0.2) is 0 Å². The molecule has 25 heavy (non-hydrogen) atoms. The number of carbonyl (C=O) groups excluding carboxylic acids is 1. The third-order valence-corrected chi connectivity index (χ3v) is 6.50. The van der Waals surface area contributed by atoms with Gasteiger partial charge in [0, 0.05) is 32.2 Å². The Balaban J connectivity index is 0.00000225. The summed E-state index contributed by atoms with van der Waals surface area (Å²) in [5.74, 6) is 0.673. The minimum atomic E-state index is -3.55. The van der Waals surface area contributed by atoms with E-state index in [9.17, 15) is 13.2 Å². The highest BCUT2D eigenvalue weighted by Crippen LogP contribution is 2.25. The molecule has 0 aliphatic carbocycles. The predicted molar refractivity (Wildman–Crippen MR) is 96.6 cm³/mol. The van der Waals surface area contributed by atoms with E-state index >= 15 is 0 Å². The Morgan fingerprint density at radius 2 is 1.92 bits per heavy atom. The first-order valence-electron chi connectivity index (χ1n) is 8.17. The number of piperidine rings is 1. The van der Waals surface area contributed by atoms with Crippen LogP contribution in [0, 0.1) is 0 Å². The van der Waals surface area contributed by atoms with Crippen LogP contribution in [0.5, 0.6) is 5.75 Å². The lowest BCUT2D eigenvalue weighted by molar-refractivity contribution is -0.135. The second-order valence-corrected chi connectivity index (χ2v) is 8.04. The Morgan fingerprint density at radius 1 is 1.20 bits per heavy atom. The summed E-state index contributed by atoms with van der Waals surface area (Å²) in [6.45, 7) is 2.58. The van der Waals surface area contributed by atoms with Crippen LogP contribution in [0.25, 0.3) is 0 Å². The molecular weight excluding hydrogens is 366 g/mol. The molecule has 7 nitrogen and oxygen atoms in total. The topological polar surface area (TPSA) is 79.0 Å². The van der Waals surface area contributed by atoms with Crippen molar-refractivity contribution in [1.29, 1.82) is 0 Å². The number of rotatable bonds is 4. The first kappa shape index (κ1) is 20.0. The third kappa shape index (κ3) is 4.25. The van der Waals surface area contributed by atoms with E-state index in [1.54, 1.807) is 31.4 Å². The fourth-order valence-electron chi connectivity index (χ4n) is 3.30. The average Bonchev–Trinajstić information content (AvgIpc) is 2.62. The summed E-state index contributed by atoms with van der Waals surface area (Å²) in [4.78, 5) is 14.2. The Kier molecular flexibility index (Phi) is 6.67. The van der Waals surface area contributed by atoms with Crippen molar-refractivity contribution < 1.29 is 17.9 Å². The third-order valence-electron chi connectivity index (χ3n) is 4.62. The molecule has 0 aromatic heterocycles. The van der Waals surface area contributed by atoms with Gasteiger partial charge in [-0.3, -0.25) is 4.79 Å². The molecule has 1 aromatic carbocycles. The van der Waals surface area contributed by atoms with Crippen molar-refractivity contribution in [2.45, 2.75) is 23.8 Å². The van der Waals surface area contributed by atoms with Gasteiger partial charge in [0.25, 0.3) is 0 Å². The van der Waals surface area contributed by atoms with Crippen LogP contribution in [0.3, 0.4) is 0 Å². The molecule has 2 saturated heterocycles. The van der Waals surface area contributed by atoms with Crippen LogP contribution in [0.4, 0.5) is 0 Å². The maximum atomic E-state index is 12.9. The highest BCUT2D eigenvalue weighted by molar-refractivity contribution is 7.89. The van der Waals surface area contributed by atoms with Crippen molar-refractivity contribution in [3.63, 3.8) is 0 Å². The normalized spacial score (nSPS) is 22.4. The number of methoxy groups -OCH3 is 1. The molecule has 2 aliphatic heterocycles. The van der Waals surface area contributed by atoms with E-state index < -0.39 is 10.0 Å². The lowest BCUT2D eigenvalue weighted by Gasteiger charge is -2.40. The average molecular weight is 390 g/mol. The fraction of sp³-hybridized carbons (Fsp3) is 0.562. The number of halogens is 1. The number of nitrogens with zero attached hydrogens (tertiary/aromatic N) is 2. The lowest BCUT2D eigenvalue weighted by Crippen LogP contribution is -2.57. The largest absolute Gasteiger partial charge is 0.497 e. The van der Waals surface area contributed by atoms with Crippen LogP contribution in [0.1, 0.15) is 12.8 Å². The van der Waals surface area contributed by atoms with Gasteiger partial charge in [-0.25, -0.2) is 8.42 Å². The second kappa shape index (κ2) is 8.35. The zero-order valence-corrected chi connectivity index (χ0v) is 15.8. The Labute approximate surface area is 154 Å². The maximum absolute atomic E-state index is 12.9. The van der Waals surface area contributed by atoms with Gasteiger partial charge in [0.2, 0.25) is 15.9 Å². The number of ether oxygens (including phenoxy) is 1. The van der Waals surface area contributed by atoms with E-state index in [1.165, 1.54) is 4.31 Å². The molecule has 1 amide bonds. The molecular formula is C16H24ClN3O4S. The molecule has 0 spiro atoms. The van der Waals surface area contributed by atoms with E-state index in [0.29, 0.717) is 31.9 Å². The summed E-state index contributed by atoms with van der Waals surface area (Å²) in [5.41, 5.74) is 0. The smallest absolute Gasteiger partial charge is 0.243 e. The van der Waals surface area contributed by atoms with Crippen molar-refractivity contribution >= 4 is 28.3 Å². The molecule has 1 aromatic rings. The highest BCUT2D eigenvalue weighted by Gasteiger charge is 2.35. The molecule has 3 rings (SSSR count). The molecule has 2 aliphatic rings. The zero-order chi connectivity index (χ0) is 17.2. The minimum Gasteiger partial charge on any atom is -0.497 e.